The lowest BCUT2D eigenvalue weighted by Gasteiger charge is -2.28. The summed E-state index contributed by atoms with van der Waals surface area (Å²) >= 11 is 0. The largest absolute Gasteiger partial charge is 0.338 e. The lowest BCUT2D eigenvalue weighted by Crippen LogP contribution is -2.43. The fourth-order valence-corrected chi connectivity index (χ4v) is 3.05. The second-order valence-electron chi connectivity index (χ2n) is 5.78. The van der Waals surface area contributed by atoms with E-state index in [4.69, 9.17) is 0 Å². The molecule has 1 atom stereocenters. The van der Waals surface area contributed by atoms with Crippen molar-refractivity contribution in [1.29, 1.82) is 0 Å². The average Bonchev–Trinajstić information content (AvgIpc) is 3.08. The molecule has 0 aromatic carbocycles. The minimum absolute atomic E-state index is 0. The first-order chi connectivity index (χ1) is 10.5. The number of nitrogens with zero attached hydrogens (tertiary/aromatic N) is 3. The van der Waals surface area contributed by atoms with Crippen molar-refractivity contribution in [2.45, 2.75) is 52.6 Å². The fourth-order valence-electron chi connectivity index (χ4n) is 3.05. The van der Waals surface area contributed by atoms with Crippen LogP contribution in [0.2, 0.25) is 0 Å². The second-order valence-corrected chi connectivity index (χ2v) is 5.78. The Morgan fingerprint density at radius 1 is 1.48 bits per heavy atom. The normalized spacial score (nSPS) is 17.4. The summed E-state index contributed by atoms with van der Waals surface area (Å²) in [4.78, 5) is 14.5. The standard InChI is InChI=1S/C15H24F2N4O.ClH/c1-4-7-20(12-5-6-18-9-12)14(22)8-13-10(2)19-21(11(13)3)15(16)17;/h12,15,18H,4-9H2,1-3H3;1H. The highest BCUT2D eigenvalue weighted by molar-refractivity contribution is 5.85. The highest BCUT2D eigenvalue weighted by atomic mass is 35.5. The average molecular weight is 351 g/mol. The van der Waals surface area contributed by atoms with Crippen LogP contribution in [0.3, 0.4) is 0 Å². The maximum Gasteiger partial charge on any atom is 0.333 e. The molecule has 2 heterocycles. The Balaban J connectivity index is 0.00000264. The monoisotopic (exact) mass is 350 g/mol. The molecule has 1 unspecified atom stereocenters. The van der Waals surface area contributed by atoms with E-state index in [9.17, 15) is 13.6 Å². The van der Waals surface area contributed by atoms with Crippen molar-refractivity contribution in [3.63, 3.8) is 0 Å². The van der Waals surface area contributed by atoms with E-state index in [1.54, 1.807) is 13.8 Å². The Morgan fingerprint density at radius 2 is 2.17 bits per heavy atom. The van der Waals surface area contributed by atoms with Gasteiger partial charge in [0.15, 0.2) is 0 Å². The second kappa shape index (κ2) is 8.59. The summed E-state index contributed by atoms with van der Waals surface area (Å²) < 4.78 is 26.5. The molecule has 1 N–H and O–H groups in total. The van der Waals surface area contributed by atoms with E-state index < -0.39 is 6.55 Å². The molecule has 1 aliphatic heterocycles. The number of hydrogen-bond donors (Lipinski definition) is 1. The molecule has 8 heteroatoms. The van der Waals surface area contributed by atoms with Gasteiger partial charge in [0.25, 0.3) is 0 Å². The van der Waals surface area contributed by atoms with E-state index in [1.165, 1.54) is 0 Å². The lowest BCUT2D eigenvalue weighted by molar-refractivity contribution is -0.132. The van der Waals surface area contributed by atoms with Crippen LogP contribution in [0.25, 0.3) is 0 Å². The van der Waals surface area contributed by atoms with Gasteiger partial charge in [0.1, 0.15) is 0 Å². The molecule has 5 nitrogen and oxygen atoms in total. The minimum atomic E-state index is -2.67. The highest BCUT2D eigenvalue weighted by Crippen LogP contribution is 2.21. The van der Waals surface area contributed by atoms with Crippen LogP contribution in [0.4, 0.5) is 8.78 Å². The zero-order valence-corrected chi connectivity index (χ0v) is 14.6. The number of aromatic nitrogens is 2. The number of halogens is 3. The smallest absolute Gasteiger partial charge is 0.333 e. The van der Waals surface area contributed by atoms with Gasteiger partial charge >= 0.3 is 6.55 Å². The van der Waals surface area contributed by atoms with Gasteiger partial charge in [-0.05, 0) is 33.2 Å². The Morgan fingerprint density at radius 3 is 2.65 bits per heavy atom. The Bertz CT molecular complexity index is 530. The van der Waals surface area contributed by atoms with E-state index in [0.29, 0.717) is 28.2 Å². The lowest BCUT2D eigenvalue weighted by atomic mass is 10.1. The quantitative estimate of drug-likeness (QED) is 0.857. The van der Waals surface area contributed by atoms with E-state index in [0.717, 1.165) is 25.9 Å². The predicted molar refractivity (Wildman–Crippen MR) is 87.2 cm³/mol. The van der Waals surface area contributed by atoms with Crippen LogP contribution < -0.4 is 5.32 Å². The van der Waals surface area contributed by atoms with Gasteiger partial charge in [0, 0.05) is 30.4 Å². The summed E-state index contributed by atoms with van der Waals surface area (Å²) in [6, 6.07) is 0.207. The van der Waals surface area contributed by atoms with Crippen molar-refractivity contribution in [2.24, 2.45) is 0 Å². The number of carbonyl (C=O) groups is 1. The highest BCUT2D eigenvalue weighted by Gasteiger charge is 2.27. The molecule has 1 aliphatic rings. The van der Waals surface area contributed by atoms with E-state index in [2.05, 4.69) is 10.4 Å². The molecule has 0 aliphatic carbocycles. The van der Waals surface area contributed by atoms with Crippen molar-refractivity contribution in [2.75, 3.05) is 19.6 Å². The molecule has 0 spiro atoms. The summed E-state index contributed by atoms with van der Waals surface area (Å²) in [5.41, 5.74) is 1.51. The maximum atomic E-state index is 12.9. The number of alkyl halides is 2. The molecule has 1 aromatic rings. The third-order valence-electron chi connectivity index (χ3n) is 4.25. The van der Waals surface area contributed by atoms with Crippen LogP contribution >= 0.6 is 12.4 Å². The van der Waals surface area contributed by atoms with Crippen LogP contribution in [-0.2, 0) is 11.2 Å². The number of aryl methyl sites for hydroxylation is 1. The SMILES string of the molecule is CCCN(C(=O)Cc1c(C)nn(C(F)F)c1C)C1CCNC1.Cl. The van der Waals surface area contributed by atoms with Crippen molar-refractivity contribution in [1.82, 2.24) is 20.0 Å². The van der Waals surface area contributed by atoms with Gasteiger partial charge in [-0.2, -0.15) is 13.9 Å². The number of hydrogen-bond acceptors (Lipinski definition) is 3. The van der Waals surface area contributed by atoms with Crippen LogP contribution in [0.15, 0.2) is 0 Å². The third-order valence-corrected chi connectivity index (χ3v) is 4.25. The molecule has 0 bridgehead atoms. The zero-order chi connectivity index (χ0) is 16.3. The van der Waals surface area contributed by atoms with Gasteiger partial charge in [-0.15, -0.1) is 12.4 Å². The van der Waals surface area contributed by atoms with Crippen LogP contribution in [-0.4, -0.2) is 46.3 Å². The first-order valence-corrected chi connectivity index (χ1v) is 7.78. The maximum absolute atomic E-state index is 12.9. The summed E-state index contributed by atoms with van der Waals surface area (Å²) in [5.74, 6) is -0.00411. The third kappa shape index (κ3) is 4.41. The molecule has 1 saturated heterocycles. The van der Waals surface area contributed by atoms with Gasteiger partial charge in [-0.25, -0.2) is 4.68 Å². The number of rotatable bonds is 6. The summed E-state index contributed by atoms with van der Waals surface area (Å²) in [6.07, 6.45) is 1.97. The summed E-state index contributed by atoms with van der Waals surface area (Å²) in [5, 5.41) is 7.11. The van der Waals surface area contributed by atoms with Crippen molar-refractivity contribution in [3.8, 4) is 0 Å². The van der Waals surface area contributed by atoms with Crippen molar-refractivity contribution < 1.29 is 13.6 Å². The molecule has 1 fully saturated rings. The van der Waals surface area contributed by atoms with E-state index in [1.807, 2.05) is 11.8 Å². The summed E-state index contributed by atoms with van der Waals surface area (Å²) in [6.45, 7) is 5.05. The van der Waals surface area contributed by atoms with Gasteiger partial charge in [0.05, 0.1) is 12.1 Å². The molecule has 2 rings (SSSR count). The van der Waals surface area contributed by atoms with Crippen LogP contribution in [0.5, 0.6) is 0 Å². The number of amides is 1. The van der Waals surface area contributed by atoms with E-state index >= 15 is 0 Å². The molecule has 0 radical (unpaired) electrons. The first kappa shape index (κ1) is 19.8. The number of nitrogens with one attached hydrogen (secondary N) is 1. The van der Waals surface area contributed by atoms with Crippen molar-refractivity contribution in [3.05, 3.63) is 17.0 Å². The van der Waals surface area contributed by atoms with Gasteiger partial charge < -0.3 is 10.2 Å². The molecular weight excluding hydrogens is 326 g/mol. The first-order valence-electron chi connectivity index (χ1n) is 7.78. The molecule has 1 aromatic heterocycles. The zero-order valence-electron chi connectivity index (χ0n) is 13.8. The molecule has 23 heavy (non-hydrogen) atoms. The van der Waals surface area contributed by atoms with Gasteiger partial charge in [-0.1, -0.05) is 6.92 Å². The Labute approximate surface area is 141 Å². The summed E-state index contributed by atoms with van der Waals surface area (Å²) in [7, 11) is 0. The van der Waals surface area contributed by atoms with Crippen LogP contribution in [0, 0.1) is 13.8 Å². The van der Waals surface area contributed by atoms with Gasteiger partial charge in [0.2, 0.25) is 5.91 Å². The van der Waals surface area contributed by atoms with Crippen molar-refractivity contribution >= 4 is 18.3 Å². The predicted octanol–water partition coefficient (Wildman–Crippen LogP) is 2.46. The topological polar surface area (TPSA) is 50.2 Å². The minimum Gasteiger partial charge on any atom is -0.338 e. The molecular formula is C15H25ClF2N4O. The number of carbonyl (C=O) groups excluding carboxylic acids is 1. The van der Waals surface area contributed by atoms with Crippen LogP contribution in [0.1, 0.15) is 43.3 Å². The fraction of sp³-hybridized carbons (Fsp3) is 0.733. The Kier molecular flexibility index (Phi) is 7.41. The molecule has 0 saturated carbocycles. The van der Waals surface area contributed by atoms with E-state index in [-0.39, 0.29) is 30.8 Å². The van der Waals surface area contributed by atoms with Gasteiger partial charge in [-0.3, -0.25) is 4.79 Å². The Hall–Kier alpha value is -1.21. The molecule has 132 valence electrons. The molecule has 1 amide bonds.